The summed E-state index contributed by atoms with van der Waals surface area (Å²) in [5.41, 5.74) is 3.92. The first-order valence-electron chi connectivity index (χ1n) is 7.08. The molecule has 104 valence electrons. The Morgan fingerprint density at radius 1 is 1.35 bits per heavy atom. The van der Waals surface area contributed by atoms with Gasteiger partial charge in [0, 0.05) is 23.3 Å². The molecule has 1 saturated carbocycles. The summed E-state index contributed by atoms with van der Waals surface area (Å²) in [5.74, 6) is 1.02. The average Bonchev–Trinajstić information content (AvgIpc) is 3.18. The molecular weight excluding hydrogens is 272 g/mol. The fourth-order valence-electron chi connectivity index (χ4n) is 3.32. The van der Waals surface area contributed by atoms with Gasteiger partial charge in [0.2, 0.25) is 5.91 Å². The molecule has 0 saturated heterocycles. The first-order valence-corrected chi connectivity index (χ1v) is 8.02. The fraction of sp³-hybridized carbons (Fsp3) is 0.500. The van der Waals surface area contributed by atoms with Crippen LogP contribution in [0.1, 0.15) is 55.3 Å². The van der Waals surface area contributed by atoms with Crippen LogP contribution in [0, 0.1) is 0 Å². The largest absolute Gasteiger partial charge is 0.311 e. The lowest BCUT2D eigenvalue weighted by Crippen LogP contribution is -2.25. The summed E-state index contributed by atoms with van der Waals surface area (Å²) in [5, 5.41) is 9.59. The van der Waals surface area contributed by atoms with Gasteiger partial charge in [-0.15, -0.1) is 11.3 Å². The molecule has 1 N–H and O–H groups in total. The molecule has 20 heavy (non-hydrogen) atoms. The normalized spacial score (nSPS) is 22.8. The molecule has 2 aromatic rings. The van der Waals surface area contributed by atoms with E-state index in [1.54, 1.807) is 11.3 Å². The molecule has 1 aliphatic heterocycles. The van der Waals surface area contributed by atoms with E-state index in [9.17, 15) is 4.79 Å². The Hall–Kier alpha value is -1.69. The Balaban J connectivity index is 1.76. The van der Waals surface area contributed by atoms with Gasteiger partial charge in [0.05, 0.1) is 23.4 Å². The van der Waals surface area contributed by atoms with E-state index in [0.717, 1.165) is 29.9 Å². The number of fused-ring (bicyclic) bond motifs is 1. The van der Waals surface area contributed by atoms with Gasteiger partial charge in [-0.25, -0.2) is 9.67 Å². The van der Waals surface area contributed by atoms with Crippen LogP contribution in [0.15, 0.2) is 17.1 Å². The molecule has 3 heterocycles. The van der Waals surface area contributed by atoms with E-state index in [2.05, 4.69) is 15.4 Å². The van der Waals surface area contributed by atoms with Crippen LogP contribution in [0.3, 0.4) is 0 Å². The minimum Gasteiger partial charge on any atom is -0.311 e. The van der Waals surface area contributed by atoms with Crippen molar-refractivity contribution in [2.45, 2.75) is 44.1 Å². The van der Waals surface area contributed by atoms with Gasteiger partial charge in [-0.2, -0.15) is 5.10 Å². The molecule has 1 unspecified atom stereocenters. The molecule has 2 aromatic heterocycles. The number of hydrogen-bond donors (Lipinski definition) is 1. The highest BCUT2D eigenvalue weighted by Crippen LogP contribution is 2.40. The van der Waals surface area contributed by atoms with E-state index in [0.29, 0.717) is 12.5 Å². The third kappa shape index (κ3) is 1.86. The van der Waals surface area contributed by atoms with Crippen molar-refractivity contribution in [1.82, 2.24) is 14.8 Å². The molecule has 1 amide bonds. The van der Waals surface area contributed by atoms with E-state index >= 15 is 0 Å². The molecule has 0 spiro atoms. The zero-order valence-corrected chi connectivity index (χ0v) is 11.9. The van der Waals surface area contributed by atoms with Crippen LogP contribution in [0.2, 0.25) is 0 Å². The first-order chi connectivity index (χ1) is 9.83. The number of amides is 1. The van der Waals surface area contributed by atoms with Crippen LogP contribution in [-0.4, -0.2) is 20.7 Å². The maximum atomic E-state index is 12.0. The van der Waals surface area contributed by atoms with Crippen LogP contribution in [0.4, 0.5) is 5.82 Å². The maximum Gasteiger partial charge on any atom is 0.226 e. The van der Waals surface area contributed by atoms with Gasteiger partial charge in [-0.1, -0.05) is 12.8 Å². The highest BCUT2D eigenvalue weighted by Gasteiger charge is 2.33. The Labute approximate surface area is 121 Å². The zero-order valence-electron chi connectivity index (χ0n) is 11.1. The second-order valence-electron chi connectivity index (χ2n) is 5.55. The number of nitrogens with zero attached hydrogens (tertiary/aromatic N) is 3. The second-order valence-corrected chi connectivity index (χ2v) is 6.27. The number of aromatic nitrogens is 3. The molecule has 0 aromatic carbocycles. The number of carbonyl (C=O) groups excluding carboxylic acids is 1. The Morgan fingerprint density at radius 2 is 2.20 bits per heavy atom. The van der Waals surface area contributed by atoms with Crippen molar-refractivity contribution in [3.63, 3.8) is 0 Å². The molecule has 4 rings (SSSR count). The number of thiazole rings is 1. The highest BCUT2D eigenvalue weighted by atomic mass is 32.1. The van der Waals surface area contributed by atoms with Crippen molar-refractivity contribution >= 4 is 23.1 Å². The summed E-state index contributed by atoms with van der Waals surface area (Å²) in [6.07, 6.45) is 7.20. The average molecular weight is 288 g/mol. The molecule has 2 aliphatic rings. The van der Waals surface area contributed by atoms with Crippen LogP contribution in [-0.2, 0) is 4.79 Å². The first kappa shape index (κ1) is 12.1. The van der Waals surface area contributed by atoms with Crippen molar-refractivity contribution in [2.24, 2.45) is 0 Å². The standard InChI is InChI=1S/C14H16N4OS/c19-13-5-10(12-7-20-8-15-12)11-6-16-18(14(11)17-13)9-3-1-2-4-9/h6-10H,1-5H2,(H,17,19). The molecule has 6 heteroatoms. The van der Waals surface area contributed by atoms with E-state index < -0.39 is 0 Å². The molecular formula is C14H16N4OS. The predicted octanol–water partition coefficient (Wildman–Crippen LogP) is 2.93. The summed E-state index contributed by atoms with van der Waals surface area (Å²) >= 11 is 1.57. The van der Waals surface area contributed by atoms with Gasteiger partial charge < -0.3 is 5.32 Å². The van der Waals surface area contributed by atoms with Gasteiger partial charge in [0.1, 0.15) is 5.82 Å². The Morgan fingerprint density at radius 3 is 2.95 bits per heavy atom. The topological polar surface area (TPSA) is 59.8 Å². The molecule has 1 fully saturated rings. The smallest absolute Gasteiger partial charge is 0.226 e. The molecule has 0 bridgehead atoms. The fourth-order valence-corrected chi connectivity index (χ4v) is 3.93. The van der Waals surface area contributed by atoms with Gasteiger partial charge >= 0.3 is 0 Å². The van der Waals surface area contributed by atoms with E-state index in [1.807, 2.05) is 21.8 Å². The van der Waals surface area contributed by atoms with Gasteiger partial charge in [0.25, 0.3) is 0 Å². The summed E-state index contributed by atoms with van der Waals surface area (Å²) < 4.78 is 2.03. The zero-order chi connectivity index (χ0) is 13.5. The van der Waals surface area contributed by atoms with Crippen molar-refractivity contribution in [3.05, 3.63) is 28.3 Å². The third-order valence-corrected chi connectivity index (χ3v) is 4.93. The molecule has 1 atom stereocenters. The van der Waals surface area contributed by atoms with Crippen molar-refractivity contribution < 1.29 is 4.79 Å². The van der Waals surface area contributed by atoms with Crippen molar-refractivity contribution in [1.29, 1.82) is 0 Å². The van der Waals surface area contributed by atoms with Gasteiger partial charge in [-0.3, -0.25) is 4.79 Å². The summed E-state index contributed by atoms with van der Waals surface area (Å²) in [7, 11) is 0. The Kier molecular flexibility index (Phi) is 2.84. The number of nitrogens with one attached hydrogen (secondary N) is 1. The summed E-state index contributed by atoms with van der Waals surface area (Å²) in [4.78, 5) is 16.4. The molecule has 0 radical (unpaired) electrons. The van der Waals surface area contributed by atoms with Crippen LogP contribution in [0.25, 0.3) is 0 Å². The minimum absolute atomic E-state index is 0.0557. The lowest BCUT2D eigenvalue weighted by molar-refractivity contribution is -0.116. The maximum absolute atomic E-state index is 12.0. The third-order valence-electron chi connectivity index (χ3n) is 4.33. The monoisotopic (exact) mass is 288 g/mol. The van der Waals surface area contributed by atoms with Crippen molar-refractivity contribution in [2.75, 3.05) is 5.32 Å². The number of hydrogen-bond acceptors (Lipinski definition) is 4. The number of rotatable bonds is 2. The van der Waals surface area contributed by atoms with E-state index in [1.165, 1.54) is 12.8 Å². The van der Waals surface area contributed by atoms with Crippen LogP contribution < -0.4 is 5.32 Å². The van der Waals surface area contributed by atoms with E-state index in [-0.39, 0.29) is 11.8 Å². The highest BCUT2D eigenvalue weighted by molar-refractivity contribution is 7.07. The molecule has 5 nitrogen and oxygen atoms in total. The second kappa shape index (κ2) is 4.70. The van der Waals surface area contributed by atoms with Gasteiger partial charge in [0.15, 0.2) is 0 Å². The Bertz CT molecular complexity index is 628. The summed E-state index contributed by atoms with van der Waals surface area (Å²) in [6.45, 7) is 0. The van der Waals surface area contributed by atoms with E-state index in [4.69, 9.17) is 0 Å². The minimum atomic E-state index is 0.0557. The lowest BCUT2D eigenvalue weighted by atomic mass is 9.92. The molecule has 1 aliphatic carbocycles. The van der Waals surface area contributed by atoms with Crippen molar-refractivity contribution in [3.8, 4) is 0 Å². The van der Waals surface area contributed by atoms with Crippen LogP contribution >= 0.6 is 11.3 Å². The number of carbonyl (C=O) groups is 1. The SMILES string of the molecule is O=C1CC(c2cscn2)c2cnn(C3CCCC3)c2N1. The number of anilines is 1. The quantitative estimate of drug-likeness (QED) is 0.924. The van der Waals surface area contributed by atoms with Gasteiger partial charge in [-0.05, 0) is 12.8 Å². The summed E-state index contributed by atoms with van der Waals surface area (Å²) in [6, 6.07) is 0.438. The van der Waals surface area contributed by atoms with Crippen LogP contribution in [0.5, 0.6) is 0 Å². The predicted molar refractivity (Wildman–Crippen MR) is 76.9 cm³/mol. The lowest BCUT2D eigenvalue weighted by Gasteiger charge is -2.23.